The molecule has 0 spiro atoms. The van der Waals surface area contributed by atoms with Crippen LogP contribution in [0.3, 0.4) is 0 Å². The van der Waals surface area contributed by atoms with Crippen LogP contribution in [-0.2, 0) is 14.3 Å². The molecule has 0 saturated carbocycles. The van der Waals surface area contributed by atoms with Crippen LogP contribution >= 0.6 is 0 Å². The van der Waals surface area contributed by atoms with Crippen molar-refractivity contribution < 1.29 is 14.3 Å². The molecule has 1 amide bonds. The molecule has 114 valence electrons. The molecule has 2 unspecified atom stereocenters. The Kier molecular flexibility index (Phi) is 4.72. The molecule has 1 aliphatic rings. The maximum atomic E-state index is 12.3. The second-order valence-corrected chi connectivity index (χ2v) is 5.31. The highest BCUT2D eigenvalue weighted by Crippen LogP contribution is 2.24. The summed E-state index contributed by atoms with van der Waals surface area (Å²) in [7, 11) is 3.14. The highest BCUT2D eigenvalue weighted by Gasteiger charge is 2.37. The standard InChI is InChI=1S/C14H20N4O3/c1-10-7-18(8-11(10)13(20)21-3)12(19)9-17(2)14-15-5-4-6-16-14/h4-6,10-11H,7-9H2,1-3H3. The van der Waals surface area contributed by atoms with Crippen LogP contribution in [0.5, 0.6) is 0 Å². The summed E-state index contributed by atoms with van der Waals surface area (Å²) in [4.78, 5) is 35.5. The minimum atomic E-state index is -0.252. The van der Waals surface area contributed by atoms with Gasteiger partial charge in [0.1, 0.15) is 0 Å². The van der Waals surface area contributed by atoms with Crippen LogP contribution in [0.25, 0.3) is 0 Å². The van der Waals surface area contributed by atoms with Crippen molar-refractivity contribution in [2.45, 2.75) is 6.92 Å². The van der Waals surface area contributed by atoms with E-state index < -0.39 is 0 Å². The first kappa shape index (κ1) is 15.2. The summed E-state index contributed by atoms with van der Waals surface area (Å²) in [6.07, 6.45) is 3.27. The Hall–Kier alpha value is -2.18. The summed E-state index contributed by atoms with van der Waals surface area (Å²) < 4.78 is 4.78. The van der Waals surface area contributed by atoms with Gasteiger partial charge in [0.25, 0.3) is 0 Å². The van der Waals surface area contributed by atoms with Crippen LogP contribution in [0.1, 0.15) is 6.92 Å². The van der Waals surface area contributed by atoms with Gasteiger partial charge in [-0.15, -0.1) is 0 Å². The number of rotatable bonds is 4. The molecular formula is C14H20N4O3. The lowest BCUT2D eigenvalue weighted by Crippen LogP contribution is -2.38. The van der Waals surface area contributed by atoms with Gasteiger partial charge in [0.15, 0.2) is 0 Å². The Bertz CT molecular complexity index is 508. The van der Waals surface area contributed by atoms with Gasteiger partial charge < -0.3 is 14.5 Å². The average Bonchev–Trinajstić information content (AvgIpc) is 2.89. The first-order valence-corrected chi connectivity index (χ1v) is 6.86. The highest BCUT2D eigenvalue weighted by atomic mass is 16.5. The van der Waals surface area contributed by atoms with E-state index in [0.717, 1.165) is 0 Å². The van der Waals surface area contributed by atoms with Crippen molar-refractivity contribution in [1.29, 1.82) is 0 Å². The quantitative estimate of drug-likeness (QED) is 0.737. The van der Waals surface area contributed by atoms with Crippen molar-refractivity contribution >= 4 is 17.8 Å². The van der Waals surface area contributed by atoms with Gasteiger partial charge in [0.2, 0.25) is 11.9 Å². The number of nitrogens with zero attached hydrogens (tertiary/aromatic N) is 4. The van der Waals surface area contributed by atoms with Crippen molar-refractivity contribution in [1.82, 2.24) is 14.9 Å². The van der Waals surface area contributed by atoms with Crippen LogP contribution in [0, 0.1) is 11.8 Å². The molecule has 2 heterocycles. The van der Waals surface area contributed by atoms with E-state index in [1.807, 2.05) is 6.92 Å². The van der Waals surface area contributed by atoms with Gasteiger partial charge in [-0.25, -0.2) is 9.97 Å². The van der Waals surface area contributed by atoms with E-state index in [9.17, 15) is 9.59 Å². The third-order valence-electron chi connectivity index (χ3n) is 3.73. The van der Waals surface area contributed by atoms with E-state index in [1.165, 1.54) is 7.11 Å². The topological polar surface area (TPSA) is 75.6 Å². The molecule has 1 fully saturated rings. The third-order valence-corrected chi connectivity index (χ3v) is 3.73. The molecule has 1 aliphatic heterocycles. The Balaban J connectivity index is 1.94. The second-order valence-electron chi connectivity index (χ2n) is 5.31. The number of esters is 1. The van der Waals surface area contributed by atoms with Crippen molar-refractivity contribution in [2.24, 2.45) is 11.8 Å². The summed E-state index contributed by atoms with van der Waals surface area (Å²) in [5, 5.41) is 0. The molecule has 2 rings (SSSR count). The average molecular weight is 292 g/mol. The van der Waals surface area contributed by atoms with Crippen molar-refractivity contribution in [3.63, 3.8) is 0 Å². The van der Waals surface area contributed by atoms with Crippen molar-refractivity contribution in [3.8, 4) is 0 Å². The number of ether oxygens (including phenoxy) is 1. The van der Waals surface area contributed by atoms with E-state index in [2.05, 4.69) is 9.97 Å². The zero-order valence-corrected chi connectivity index (χ0v) is 12.5. The van der Waals surface area contributed by atoms with Gasteiger partial charge in [-0.3, -0.25) is 9.59 Å². The van der Waals surface area contributed by atoms with Crippen LogP contribution in [0.2, 0.25) is 0 Å². The molecule has 1 aromatic heterocycles. The SMILES string of the molecule is COC(=O)C1CN(C(=O)CN(C)c2ncccn2)CC1C. The van der Waals surface area contributed by atoms with Crippen molar-refractivity contribution in [2.75, 3.05) is 38.7 Å². The number of hydrogen-bond acceptors (Lipinski definition) is 6. The number of hydrogen-bond donors (Lipinski definition) is 0. The Morgan fingerprint density at radius 3 is 2.67 bits per heavy atom. The number of aromatic nitrogens is 2. The maximum absolute atomic E-state index is 12.3. The number of carbonyl (C=O) groups is 2. The predicted molar refractivity (Wildman–Crippen MR) is 76.6 cm³/mol. The van der Waals surface area contributed by atoms with Crippen molar-refractivity contribution in [3.05, 3.63) is 18.5 Å². The molecule has 7 heteroatoms. The van der Waals surface area contributed by atoms with Crippen LogP contribution in [0.15, 0.2) is 18.5 Å². The lowest BCUT2D eigenvalue weighted by molar-refractivity contribution is -0.146. The first-order chi connectivity index (χ1) is 10.0. The smallest absolute Gasteiger partial charge is 0.310 e. The minimum absolute atomic E-state index is 0.0387. The zero-order chi connectivity index (χ0) is 15.4. The van der Waals surface area contributed by atoms with Gasteiger partial charge in [0.05, 0.1) is 19.6 Å². The van der Waals surface area contributed by atoms with Gasteiger partial charge >= 0.3 is 5.97 Å². The number of methoxy groups -OCH3 is 1. The Morgan fingerprint density at radius 1 is 1.38 bits per heavy atom. The molecule has 0 bridgehead atoms. The van der Waals surface area contributed by atoms with E-state index in [1.54, 1.807) is 35.3 Å². The van der Waals surface area contributed by atoms with E-state index in [4.69, 9.17) is 4.74 Å². The fourth-order valence-electron chi connectivity index (χ4n) is 2.49. The lowest BCUT2D eigenvalue weighted by atomic mass is 9.99. The largest absolute Gasteiger partial charge is 0.469 e. The molecule has 0 aromatic carbocycles. The molecule has 1 saturated heterocycles. The molecule has 21 heavy (non-hydrogen) atoms. The molecule has 0 aliphatic carbocycles. The molecule has 0 N–H and O–H groups in total. The minimum Gasteiger partial charge on any atom is -0.469 e. The fraction of sp³-hybridized carbons (Fsp3) is 0.571. The number of carbonyl (C=O) groups excluding carboxylic acids is 2. The van der Waals surface area contributed by atoms with E-state index in [0.29, 0.717) is 19.0 Å². The molecule has 0 radical (unpaired) electrons. The summed E-state index contributed by atoms with van der Waals surface area (Å²) >= 11 is 0. The van der Waals surface area contributed by atoms with Gasteiger partial charge in [-0.05, 0) is 12.0 Å². The summed E-state index contributed by atoms with van der Waals surface area (Å²) in [5.74, 6) is 0.0836. The van der Waals surface area contributed by atoms with E-state index in [-0.39, 0.29) is 30.3 Å². The third kappa shape index (κ3) is 3.48. The second kappa shape index (κ2) is 6.51. The molecular weight excluding hydrogens is 272 g/mol. The van der Waals surface area contributed by atoms with E-state index >= 15 is 0 Å². The van der Waals surface area contributed by atoms with Gasteiger partial charge in [-0.1, -0.05) is 6.92 Å². The highest BCUT2D eigenvalue weighted by molar-refractivity contribution is 5.82. The van der Waals surface area contributed by atoms with Gasteiger partial charge in [-0.2, -0.15) is 0 Å². The Labute approximate surface area is 123 Å². The first-order valence-electron chi connectivity index (χ1n) is 6.86. The zero-order valence-electron chi connectivity index (χ0n) is 12.5. The summed E-state index contributed by atoms with van der Waals surface area (Å²) in [6.45, 7) is 3.13. The number of anilines is 1. The number of amides is 1. The molecule has 1 aromatic rings. The van der Waals surface area contributed by atoms with Gasteiger partial charge in [0, 0.05) is 32.5 Å². The Morgan fingerprint density at radius 2 is 2.05 bits per heavy atom. The number of likely N-dealkylation sites (tertiary alicyclic amines) is 1. The lowest BCUT2D eigenvalue weighted by Gasteiger charge is -2.21. The molecule has 2 atom stereocenters. The van der Waals surface area contributed by atoms with Crippen LogP contribution in [-0.4, -0.2) is 60.5 Å². The van der Waals surface area contributed by atoms with Crippen LogP contribution in [0.4, 0.5) is 5.95 Å². The summed E-state index contributed by atoms with van der Waals surface area (Å²) in [5.41, 5.74) is 0. The monoisotopic (exact) mass is 292 g/mol. The van der Waals surface area contributed by atoms with Crippen LogP contribution < -0.4 is 4.90 Å². The summed E-state index contributed by atoms with van der Waals surface area (Å²) in [6, 6.07) is 1.72. The maximum Gasteiger partial charge on any atom is 0.310 e. The normalized spacial score (nSPS) is 21.2. The molecule has 7 nitrogen and oxygen atoms in total. The predicted octanol–water partition coefficient (Wildman–Crippen LogP) is 0.180. The number of likely N-dealkylation sites (N-methyl/N-ethyl adjacent to an activating group) is 1. The fourth-order valence-corrected chi connectivity index (χ4v) is 2.49.